The highest BCUT2D eigenvalue weighted by Crippen LogP contribution is 2.26. The first-order valence-corrected chi connectivity index (χ1v) is 8.94. The molecule has 2 rings (SSSR count). The molecule has 2 aromatic rings. The Balaban J connectivity index is 1.92. The van der Waals surface area contributed by atoms with Gasteiger partial charge in [-0.15, -0.1) is 0 Å². The molecular formula is C19H21ClN2O4S. The van der Waals surface area contributed by atoms with Gasteiger partial charge in [0.05, 0.1) is 36.5 Å². The van der Waals surface area contributed by atoms with Gasteiger partial charge in [0.1, 0.15) is 6.61 Å². The molecule has 0 radical (unpaired) electrons. The molecule has 8 heteroatoms. The largest absolute Gasteiger partial charge is 0.493 e. The molecule has 2 N–H and O–H groups in total. The summed E-state index contributed by atoms with van der Waals surface area (Å²) < 4.78 is 15.7. The van der Waals surface area contributed by atoms with Crippen LogP contribution in [-0.2, 0) is 4.74 Å². The van der Waals surface area contributed by atoms with Gasteiger partial charge in [-0.05, 0) is 49.5 Å². The van der Waals surface area contributed by atoms with Crippen LogP contribution in [-0.4, -0.2) is 38.0 Å². The van der Waals surface area contributed by atoms with Crippen LogP contribution in [0.4, 0.5) is 5.69 Å². The molecule has 1 unspecified atom stereocenters. The third kappa shape index (κ3) is 6.01. The molecule has 0 spiro atoms. The summed E-state index contributed by atoms with van der Waals surface area (Å²) in [6, 6.07) is 12.1. The highest BCUT2D eigenvalue weighted by Gasteiger charge is 2.12. The average molecular weight is 409 g/mol. The summed E-state index contributed by atoms with van der Waals surface area (Å²) in [7, 11) is 2.91. The number of carbonyl (C=O) groups excluding carboxylic acids is 1. The van der Waals surface area contributed by atoms with Crippen molar-refractivity contribution >= 4 is 40.6 Å². The molecule has 0 bridgehead atoms. The average Bonchev–Trinajstić information content (AvgIpc) is 2.67. The first-order chi connectivity index (χ1) is 12.9. The number of carbonyl (C=O) groups is 1. The van der Waals surface area contributed by atoms with E-state index in [1.165, 1.54) is 7.11 Å². The van der Waals surface area contributed by atoms with E-state index in [-0.39, 0.29) is 6.04 Å². The Labute approximate surface area is 168 Å². The summed E-state index contributed by atoms with van der Waals surface area (Å²) in [5.41, 5.74) is 0.884. The lowest BCUT2D eigenvalue weighted by Crippen LogP contribution is -2.39. The SMILES string of the molecule is COC(=O)c1ccc(Cl)c(NC(=S)NC(C)COc2ccccc2OC)c1. The molecule has 27 heavy (non-hydrogen) atoms. The highest BCUT2D eigenvalue weighted by atomic mass is 35.5. The number of ether oxygens (including phenoxy) is 3. The van der Waals surface area contributed by atoms with Gasteiger partial charge in [0.2, 0.25) is 0 Å². The number of methoxy groups -OCH3 is 2. The van der Waals surface area contributed by atoms with Gasteiger partial charge >= 0.3 is 5.97 Å². The number of halogens is 1. The van der Waals surface area contributed by atoms with Crippen molar-refractivity contribution in [1.29, 1.82) is 0 Å². The zero-order valence-electron chi connectivity index (χ0n) is 15.2. The van der Waals surface area contributed by atoms with E-state index < -0.39 is 5.97 Å². The Kier molecular flexibility index (Phi) is 7.69. The quantitative estimate of drug-likeness (QED) is 0.532. The van der Waals surface area contributed by atoms with Gasteiger partial charge in [-0.3, -0.25) is 0 Å². The van der Waals surface area contributed by atoms with Gasteiger partial charge in [0, 0.05) is 0 Å². The molecule has 0 heterocycles. The molecule has 0 aliphatic heterocycles. The number of thiocarbonyl (C=S) groups is 1. The Hall–Kier alpha value is -2.51. The van der Waals surface area contributed by atoms with Crippen LogP contribution in [0.1, 0.15) is 17.3 Å². The normalized spacial score (nSPS) is 11.3. The van der Waals surface area contributed by atoms with Crippen molar-refractivity contribution in [3.05, 3.63) is 53.1 Å². The first kappa shape index (κ1) is 20.8. The fraction of sp³-hybridized carbons (Fsp3) is 0.263. The Morgan fingerprint density at radius 2 is 1.89 bits per heavy atom. The molecule has 0 aromatic heterocycles. The van der Waals surface area contributed by atoms with Crippen LogP contribution in [0.2, 0.25) is 5.02 Å². The van der Waals surface area contributed by atoms with Gasteiger partial charge < -0.3 is 24.8 Å². The maximum Gasteiger partial charge on any atom is 0.337 e. The summed E-state index contributed by atoms with van der Waals surface area (Å²) in [6.45, 7) is 2.30. The minimum Gasteiger partial charge on any atom is -0.493 e. The maximum absolute atomic E-state index is 11.6. The molecule has 144 valence electrons. The second-order valence-electron chi connectivity index (χ2n) is 5.65. The second kappa shape index (κ2) is 9.99. The second-order valence-corrected chi connectivity index (χ2v) is 6.46. The Morgan fingerprint density at radius 1 is 1.19 bits per heavy atom. The van der Waals surface area contributed by atoms with E-state index in [2.05, 4.69) is 10.6 Å². The first-order valence-electron chi connectivity index (χ1n) is 8.15. The molecule has 0 saturated heterocycles. The number of hydrogen-bond donors (Lipinski definition) is 2. The summed E-state index contributed by atoms with van der Waals surface area (Å²) in [5, 5.41) is 6.88. The molecule has 6 nitrogen and oxygen atoms in total. The monoisotopic (exact) mass is 408 g/mol. The predicted molar refractivity (Wildman–Crippen MR) is 110 cm³/mol. The topological polar surface area (TPSA) is 68.8 Å². The van der Waals surface area contributed by atoms with Crippen molar-refractivity contribution in [2.75, 3.05) is 26.1 Å². The van der Waals surface area contributed by atoms with Crippen molar-refractivity contribution in [2.24, 2.45) is 0 Å². The van der Waals surface area contributed by atoms with Gasteiger partial charge in [-0.2, -0.15) is 0 Å². The van der Waals surface area contributed by atoms with E-state index in [4.69, 9.17) is 38.0 Å². The number of anilines is 1. The third-order valence-corrected chi connectivity index (χ3v) is 4.12. The van der Waals surface area contributed by atoms with Crippen molar-refractivity contribution in [2.45, 2.75) is 13.0 Å². The predicted octanol–water partition coefficient (Wildman–Crippen LogP) is 3.89. The third-order valence-electron chi connectivity index (χ3n) is 3.57. The molecular weight excluding hydrogens is 388 g/mol. The van der Waals surface area contributed by atoms with Crippen LogP contribution in [0, 0.1) is 0 Å². The maximum atomic E-state index is 11.6. The van der Waals surface area contributed by atoms with E-state index in [1.54, 1.807) is 25.3 Å². The lowest BCUT2D eigenvalue weighted by Gasteiger charge is -2.19. The van der Waals surface area contributed by atoms with E-state index in [0.717, 1.165) is 0 Å². The zero-order chi connectivity index (χ0) is 19.8. The Morgan fingerprint density at radius 3 is 2.56 bits per heavy atom. The lowest BCUT2D eigenvalue weighted by molar-refractivity contribution is 0.0601. The fourth-order valence-corrected chi connectivity index (χ4v) is 2.72. The summed E-state index contributed by atoms with van der Waals surface area (Å²) in [6.07, 6.45) is 0. The molecule has 0 amide bonds. The minimum absolute atomic E-state index is 0.0857. The summed E-state index contributed by atoms with van der Waals surface area (Å²) >= 11 is 11.5. The molecule has 0 fully saturated rings. The van der Waals surface area contributed by atoms with E-state index >= 15 is 0 Å². The summed E-state index contributed by atoms with van der Waals surface area (Å²) in [4.78, 5) is 11.6. The van der Waals surface area contributed by atoms with Crippen LogP contribution in [0.5, 0.6) is 11.5 Å². The van der Waals surface area contributed by atoms with E-state index in [1.807, 2.05) is 31.2 Å². The molecule has 0 aliphatic rings. The van der Waals surface area contributed by atoms with Crippen LogP contribution in [0.15, 0.2) is 42.5 Å². The molecule has 1 atom stereocenters. The number of para-hydroxylation sites is 2. The smallest absolute Gasteiger partial charge is 0.337 e. The number of esters is 1. The van der Waals surface area contributed by atoms with Gasteiger partial charge in [-0.25, -0.2) is 4.79 Å². The van der Waals surface area contributed by atoms with Crippen molar-refractivity contribution in [3.8, 4) is 11.5 Å². The van der Waals surface area contributed by atoms with E-state index in [9.17, 15) is 4.79 Å². The lowest BCUT2D eigenvalue weighted by atomic mass is 10.2. The van der Waals surface area contributed by atoms with Crippen LogP contribution < -0.4 is 20.1 Å². The van der Waals surface area contributed by atoms with Gasteiger partial charge in [0.25, 0.3) is 0 Å². The van der Waals surface area contributed by atoms with Crippen LogP contribution in [0.25, 0.3) is 0 Å². The Bertz CT molecular complexity index is 816. The van der Waals surface area contributed by atoms with E-state index in [0.29, 0.717) is 39.5 Å². The standard InChI is InChI=1S/C19H21ClN2O4S/c1-12(11-26-17-7-5-4-6-16(17)24-2)21-19(27)22-15-10-13(18(23)25-3)8-9-14(15)20/h4-10,12H,11H2,1-3H3,(H2,21,22,27). The van der Waals surface area contributed by atoms with Crippen LogP contribution >= 0.6 is 23.8 Å². The van der Waals surface area contributed by atoms with Gasteiger partial charge in [0.15, 0.2) is 16.6 Å². The summed E-state index contributed by atoms with van der Waals surface area (Å²) in [5.74, 6) is 0.866. The number of nitrogens with one attached hydrogen (secondary N) is 2. The number of hydrogen-bond acceptors (Lipinski definition) is 5. The van der Waals surface area contributed by atoms with Crippen molar-refractivity contribution < 1.29 is 19.0 Å². The molecule has 0 aliphatic carbocycles. The van der Waals surface area contributed by atoms with Crippen molar-refractivity contribution in [1.82, 2.24) is 5.32 Å². The fourth-order valence-electron chi connectivity index (χ4n) is 2.24. The van der Waals surface area contributed by atoms with Crippen LogP contribution in [0.3, 0.4) is 0 Å². The van der Waals surface area contributed by atoms with Crippen molar-refractivity contribution in [3.63, 3.8) is 0 Å². The number of benzene rings is 2. The minimum atomic E-state index is -0.452. The zero-order valence-corrected chi connectivity index (χ0v) is 16.8. The number of rotatable bonds is 7. The highest BCUT2D eigenvalue weighted by molar-refractivity contribution is 7.80. The molecule has 0 saturated carbocycles. The molecule has 2 aromatic carbocycles. The van der Waals surface area contributed by atoms with Gasteiger partial charge in [-0.1, -0.05) is 23.7 Å².